The van der Waals surface area contributed by atoms with Gasteiger partial charge in [0.1, 0.15) is 5.41 Å². The highest BCUT2D eigenvalue weighted by Gasteiger charge is 2.49. The number of hydrogen-bond donors (Lipinski definition) is 0. The standard InChI is InChI=1S/C38H32/c1-4-14-28(15-5-1)26-27-38(32-22-8-3-9-23-32)34-25-11-10-24-33(34)36(31-20-13-21-31)37(38)35(30-18-12-19-30)29-16-6-2-7-17-29/h1-11,14-17,22-25,31H,12-13,18-21H2. The van der Waals surface area contributed by atoms with E-state index in [1.807, 2.05) is 0 Å². The second-order valence-corrected chi connectivity index (χ2v) is 10.9. The van der Waals surface area contributed by atoms with Crippen LogP contribution < -0.4 is 0 Å². The third kappa shape index (κ3) is 3.69. The Balaban J connectivity index is 1.61. The molecule has 2 saturated carbocycles. The molecule has 0 saturated heterocycles. The minimum atomic E-state index is -0.521. The highest BCUT2D eigenvalue weighted by molar-refractivity contribution is 6.01. The van der Waals surface area contributed by atoms with E-state index in [-0.39, 0.29) is 0 Å². The van der Waals surface area contributed by atoms with Crippen LogP contribution >= 0.6 is 0 Å². The van der Waals surface area contributed by atoms with Crippen molar-refractivity contribution in [2.24, 2.45) is 5.92 Å². The summed E-state index contributed by atoms with van der Waals surface area (Å²) in [7, 11) is 0. The molecule has 0 N–H and O–H groups in total. The Morgan fingerprint density at radius 1 is 0.658 bits per heavy atom. The molecule has 7 rings (SSSR count). The fourth-order valence-corrected chi connectivity index (χ4v) is 6.57. The second kappa shape index (κ2) is 9.66. The van der Waals surface area contributed by atoms with Crippen LogP contribution in [0.5, 0.6) is 0 Å². The lowest BCUT2D eigenvalue weighted by molar-refractivity contribution is 0.400. The van der Waals surface area contributed by atoms with E-state index in [4.69, 9.17) is 0 Å². The fourth-order valence-electron chi connectivity index (χ4n) is 6.57. The molecule has 4 aromatic carbocycles. The molecular weight excluding hydrogens is 456 g/mol. The van der Waals surface area contributed by atoms with Gasteiger partial charge in [-0.1, -0.05) is 127 Å². The van der Waals surface area contributed by atoms with Gasteiger partial charge in [-0.05, 0) is 89.1 Å². The molecule has 3 aliphatic rings. The summed E-state index contributed by atoms with van der Waals surface area (Å²) in [5.41, 5.74) is 12.0. The summed E-state index contributed by atoms with van der Waals surface area (Å²) in [5, 5.41) is 0. The zero-order valence-electron chi connectivity index (χ0n) is 21.8. The van der Waals surface area contributed by atoms with Crippen molar-refractivity contribution in [3.05, 3.63) is 154 Å². The van der Waals surface area contributed by atoms with E-state index in [9.17, 15) is 0 Å². The van der Waals surface area contributed by atoms with Crippen molar-refractivity contribution in [2.45, 2.75) is 43.9 Å². The molecule has 0 aliphatic heterocycles. The van der Waals surface area contributed by atoms with Gasteiger partial charge in [-0.3, -0.25) is 0 Å². The van der Waals surface area contributed by atoms with E-state index in [1.54, 1.807) is 11.1 Å². The van der Waals surface area contributed by atoms with Gasteiger partial charge < -0.3 is 0 Å². The first-order valence-corrected chi connectivity index (χ1v) is 14.1. The highest BCUT2D eigenvalue weighted by Crippen LogP contribution is 2.60. The van der Waals surface area contributed by atoms with Crippen LogP contribution in [0.2, 0.25) is 0 Å². The summed E-state index contributed by atoms with van der Waals surface area (Å²) in [6.45, 7) is 0. The van der Waals surface area contributed by atoms with Gasteiger partial charge in [0, 0.05) is 5.56 Å². The predicted molar refractivity (Wildman–Crippen MR) is 158 cm³/mol. The Bertz CT molecular complexity index is 1580. The Morgan fingerprint density at radius 3 is 1.92 bits per heavy atom. The SMILES string of the molecule is C(#CC1(c2ccccc2)C(C(=C2CCC2)c2ccccc2)=C(C2CCC2)c2ccccc21)c1ccccc1. The molecule has 0 nitrogen and oxygen atoms in total. The van der Waals surface area contributed by atoms with E-state index in [0.29, 0.717) is 5.92 Å². The molecule has 3 aliphatic carbocycles. The topological polar surface area (TPSA) is 0 Å². The van der Waals surface area contributed by atoms with Gasteiger partial charge >= 0.3 is 0 Å². The molecule has 184 valence electrons. The van der Waals surface area contributed by atoms with Crippen LogP contribution in [-0.2, 0) is 5.41 Å². The van der Waals surface area contributed by atoms with Crippen molar-refractivity contribution in [3.63, 3.8) is 0 Å². The smallest absolute Gasteiger partial charge is 0.0764 e. The summed E-state index contributed by atoms with van der Waals surface area (Å²) in [5.74, 6) is 8.24. The summed E-state index contributed by atoms with van der Waals surface area (Å²) < 4.78 is 0. The third-order valence-electron chi connectivity index (χ3n) is 8.78. The van der Waals surface area contributed by atoms with E-state index < -0.39 is 5.41 Å². The Labute approximate surface area is 226 Å². The quantitative estimate of drug-likeness (QED) is 0.251. The van der Waals surface area contributed by atoms with Crippen molar-refractivity contribution in [2.75, 3.05) is 0 Å². The minimum absolute atomic E-state index is 0.521. The summed E-state index contributed by atoms with van der Waals surface area (Å²) >= 11 is 0. The van der Waals surface area contributed by atoms with Crippen molar-refractivity contribution in [1.82, 2.24) is 0 Å². The van der Waals surface area contributed by atoms with E-state index in [1.165, 1.54) is 71.9 Å². The van der Waals surface area contributed by atoms with Crippen LogP contribution in [0.25, 0.3) is 11.1 Å². The molecule has 0 amide bonds. The van der Waals surface area contributed by atoms with Crippen LogP contribution in [0, 0.1) is 17.8 Å². The molecule has 38 heavy (non-hydrogen) atoms. The van der Waals surface area contributed by atoms with Gasteiger partial charge in [-0.2, -0.15) is 0 Å². The first-order valence-electron chi connectivity index (χ1n) is 14.1. The number of hydrogen-bond acceptors (Lipinski definition) is 0. The monoisotopic (exact) mass is 488 g/mol. The molecule has 2 fully saturated rings. The Hall–Kier alpha value is -4.08. The maximum Gasteiger partial charge on any atom is 0.108 e. The van der Waals surface area contributed by atoms with Gasteiger partial charge in [0.05, 0.1) is 0 Å². The lowest BCUT2D eigenvalue weighted by atomic mass is 9.65. The number of rotatable bonds is 4. The van der Waals surface area contributed by atoms with E-state index >= 15 is 0 Å². The molecule has 0 heteroatoms. The lowest BCUT2D eigenvalue weighted by Gasteiger charge is -2.36. The van der Waals surface area contributed by atoms with Gasteiger partial charge in [-0.15, -0.1) is 0 Å². The first-order chi connectivity index (χ1) is 18.9. The summed E-state index contributed by atoms with van der Waals surface area (Å²) in [6.07, 6.45) is 7.48. The Kier molecular flexibility index (Phi) is 5.87. The maximum absolute atomic E-state index is 3.98. The van der Waals surface area contributed by atoms with Crippen LogP contribution in [0.1, 0.15) is 66.3 Å². The highest BCUT2D eigenvalue weighted by atomic mass is 14.5. The van der Waals surface area contributed by atoms with Gasteiger partial charge in [0.25, 0.3) is 0 Å². The second-order valence-electron chi connectivity index (χ2n) is 10.9. The molecule has 0 radical (unpaired) electrons. The molecule has 1 atom stereocenters. The number of benzene rings is 4. The molecule has 1 unspecified atom stereocenters. The molecule has 0 heterocycles. The number of allylic oxidation sites excluding steroid dienone is 4. The van der Waals surface area contributed by atoms with Crippen LogP contribution in [-0.4, -0.2) is 0 Å². The zero-order valence-corrected chi connectivity index (χ0v) is 21.8. The van der Waals surface area contributed by atoms with Crippen LogP contribution in [0.3, 0.4) is 0 Å². The van der Waals surface area contributed by atoms with Crippen molar-refractivity contribution in [3.8, 4) is 11.8 Å². The molecule has 4 aromatic rings. The van der Waals surface area contributed by atoms with Crippen molar-refractivity contribution in [1.29, 1.82) is 0 Å². The van der Waals surface area contributed by atoms with E-state index in [2.05, 4.69) is 127 Å². The van der Waals surface area contributed by atoms with Gasteiger partial charge in [0.15, 0.2) is 0 Å². The number of fused-ring (bicyclic) bond motifs is 1. The molecule has 0 spiro atoms. The van der Waals surface area contributed by atoms with Crippen LogP contribution in [0.4, 0.5) is 0 Å². The fraction of sp³-hybridized carbons (Fsp3) is 0.211. The van der Waals surface area contributed by atoms with Crippen LogP contribution in [0.15, 0.2) is 126 Å². The molecule has 0 aromatic heterocycles. The predicted octanol–water partition coefficient (Wildman–Crippen LogP) is 9.23. The average Bonchev–Trinajstić information content (AvgIpc) is 3.20. The minimum Gasteiger partial charge on any atom is -0.0764 e. The lowest BCUT2D eigenvalue weighted by Crippen LogP contribution is -2.29. The molecule has 0 bridgehead atoms. The maximum atomic E-state index is 3.98. The third-order valence-corrected chi connectivity index (χ3v) is 8.78. The average molecular weight is 489 g/mol. The van der Waals surface area contributed by atoms with Gasteiger partial charge in [0.2, 0.25) is 0 Å². The summed E-state index contributed by atoms with van der Waals surface area (Å²) in [6, 6.07) is 41.9. The normalized spacial score (nSPS) is 20.2. The van der Waals surface area contributed by atoms with E-state index in [0.717, 1.165) is 5.56 Å². The first kappa shape index (κ1) is 23.1. The summed E-state index contributed by atoms with van der Waals surface area (Å²) in [4.78, 5) is 0. The van der Waals surface area contributed by atoms with Crippen molar-refractivity contribution >= 4 is 11.1 Å². The largest absolute Gasteiger partial charge is 0.108 e. The Morgan fingerprint density at radius 2 is 1.29 bits per heavy atom. The van der Waals surface area contributed by atoms with Crippen molar-refractivity contribution < 1.29 is 0 Å². The molecular formula is C38H32. The van der Waals surface area contributed by atoms with Gasteiger partial charge in [-0.25, -0.2) is 0 Å². The zero-order chi connectivity index (χ0) is 25.4.